The quantitative estimate of drug-likeness (QED) is 0.740. The number of nitrogens with zero attached hydrogens (tertiary/aromatic N) is 2. The Morgan fingerprint density at radius 2 is 1.78 bits per heavy atom. The number of carbonyl (C=O) groups excluding carboxylic acids is 1. The third-order valence-electron chi connectivity index (χ3n) is 5.37. The molecule has 2 heterocycles. The van der Waals surface area contributed by atoms with Crippen molar-refractivity contribution < 1.29 is 23.0 Å². The maximum atomic E-state index is 14.9. The first kappa shape index (κ1) is 18.0. The van der Waals surface area contributed by atoms with E-state index < -0.39 is 22.7 Å². The number of rotatable bonds is 3. The van der Waals surface area contributed by atoms with Crippen LogP contribution in [-0.2, 0) is 16.8 Å². The normalized spacial score (nSPS) is 17.1. The summed E-state index contributed by atoms with van der Waals surface area (Å²) < 4.78 is 39.9. The minimum atomic E-state index is -0.943. The summed E-state index contributed by atoms with van der Waals surface area (Å²) in [6.45, 7) is 1.80. The molecule has 0 unspecified atom stereocenters. The Morgan fingerprint density at radius 1 is 1.19 bits per heavy atom. The molecular weight excluding hydrogens is 378 g/mol. The van der Waals surface area contributed by atoms with E-state index in [0.29, 0.717) is 18.0 Å². The summed E-state index contributed by atoms with van der Waals surface area (Å²) in [4.78, 5) is 18.6. The molecule has 1 saturated carbocycles. The lowest BCUT2D eigenvalue weighted by Crippen LogP contribution is -2.45. The molecule has 0 N–H and O–H groups in total. The van der Waals surface area contributed by atoms with E-state index in [-0.39, 0.29) is 24.0 Å². The second-order valence-electron chi connectivity index (χ2n) is 6.81. The van der Waals surface area contributed by atoms with E-state index in [0.717, 1.165) is 27.7 Å². The number of fused-ring (bicyclic) bond motifs is 2. The highest BCUT2D eigenvalue weighted by molar-refractivity contribution is 6.30. The highest BCUT2D eigenvalue weighted by Gasteiger charge is 2.58. The van der Waals surface area contributed by atoms with E-state index in [4.69, 9.17) is 21.1 Å². The van der Waals surface area contributed by atoms with E-state index >= 15 is 0 Å². The van der Waals surface area contributed by atoms with Crippen LogP contribution in [0.1, 0.15) is 29.5 Å². The van der Waals surface area contributed by atoms with Crippen LogP contribution in [0.2, 0.25) is 5.15 Å². The fourth-order valence-electron chi connectivity index (χ4n) is 3.91. The van der Waals surface area contributed by atoms with Crippen molar-refractivity contribution in [3.05, 3.63) is 45.7 Å². The van der Waals surface area contributed by atoms with Crippen LogP contribution in [0.15, 0.2) is 12.3 Å². The lowest BCUT2D eigenvalue weighted by atomic mass is 9.84. The van der Waals surface area contributed by atoms with Gasteiger partial charge in [0.05, 0.1) is 26.2 Å². The van der Waals surface area contributed by atoms with E-state index in [1.54, 1.807) is 6.20 Å². The molecule has 1 aliphatic heterocycles. The Kier molecular flexibility index (Phi) is 4.03. The zero-order valence-corrected chi connectivity index (χ0v) is 15.8. The van der Waals surface area contributed by atoms with Gasteiger partial charge in [0.25, 0.3) is 0 Å². The summed E-state index contributed by atoms with van der Waals surface area (Å²) >= 11 is 6.14. The van der Waals surface area contributed by atoms with E-state index in [1.165, 1.54) is 14.2 Å². The summed E-state index contributed by atoms with van der Waals surface area (Å²) in [6, 6.07) is 1.12. The largest absolute Gasteiger partial charge is 0.493 e. The summed E-state index contributed by atoms with van der Waals surface area (Å²) in [6.07, 6.45) is 2.76. The van der Waals surface area contributed by atoms with Crippen molar-refractivity contribution in [2.75, 3.05) is 19.1 Å². The smallest absolute Gasteiger partial charge is 0.238 e. The van der Waals surface area contributed by atoms with Gasteiger partial charge in [-0.15, -0.1) is 0 Å². The molecule has 1 amide bonds. The summed E-state index contributed by atoms with van der Waals surface area (Å²) in [7, 11) is 2.54. The van der Waals surface area contributed by atoms with Crippen molar-refractivity contribution in [1.29, 1.82) is 0 Å². The number of hydrogen-bond acceptors (Lipinski definition) is 4. The van der Waals surface area contributed by atoms with Gasteiger partial charge in [0, 0.05) is 12.3 Å². The van der Waals surface area contributed by atoms with Crippen molar-refractivity contribution >= 4 is 23.2 Å². The van der Waals surface area contributed by atoms with Crippen LogP contribution >= 0.6 is 11.6 Å². The minimum Gasteiger partial charge on any atom is -0.493 e. The van der Waals surface area contributed by atoms with Gasteiger partial charge in [0.2, 0.25) is 5.91 Å². The summed E-state index contributed by atoms with van der Waals surface area (Å²) in [5.41, 5.74) is 1.03. The van der Waals surface area contributed by atoms with Gasteiger partial charge in [-0.05, 0) is 36.5 Å². The molecule has 0 saturated heterocycles. The monoisotopic (exact) mass is 394 g/mol. The molecular formula is C19H17ClF2N2O3. The third kappa shape index (κ3) is 2.41. The molecule has 0 atom stereocenters. The highest BCUT2D eigenvalue weighted by Crippen LogP contribution is 2.56. The zero-order valence-electron chi connectivity index (χ0n) is 15.0. The molecule has 5 nitrogen and oxygen atoms in total. The van der Waals surface area contributed by atoms with Gasteiger partial charge in [-0.2, -0.15) is 0 Å². The Labute approximate surface area is 159 Å². The van der Waals surface area contributed by atoms with Crippen molar-refractivity contribution in [1.82, 2.24) is 4.98 Å². The van der Waals surface area contributed by atoms with Gasteiger partial charge in [-0.3, -0.25) is 4.79 Å². The van der Waals surface area contributed by atoms with Crippen LogP contribution in [0.5, 0.6) is 11.5 Å². The lowest BCUT2D eigenvalue weighted by molar-refractivity contribution is -0.121. The molecule has 8 heteroatoms. The average Bonchev–Trinajstić information content (AvgIpc) is 3.44. The van der Waals surface area contributed by atoms with Crippen molar-refractivity contribution in [3.63, 3.8) is 0 Å². The molecule has 27 heavy (non-hydrogen) atoms. The Bertz CT molecular complexity index is 948. The Morgan fingerprint density at radius 3 is 2.30 bits per heavy atom. The fraction of sp³-hybridized carbons (Fsp3) is 0.368. The maximum absolute atomic E-state index is 14.9. The predicted octanol–water partition coefficient (Wildman–Crippen LogP) is 3.92. The number of aromatic nitrogens is 1. The second kappa shape index (κ2) is 6.05. The van der Waals surface area contributed by atoms with Gasteiger partial charge in [-0.1, -0.05) is 11.6 Å². The van der Waals surface area contributed by atoms with Crippen molar-refractivity contribution in [2.45, 2.75) is 31.7 Å². The molecule has 4 rings (SSSR count). The van der Waals surface area contributed by atoms with Crippen LogP contribution in [0.3, 0.4) is 0 Å². The molecule has 2 aliphatic rings. The van der Waals surface area contributed by atoms with Gasteiger partial charge >= 0.3 is 0 Å². The number of benzene rings is 1. The zero-order chi connectivity index (χ0) is 19.5. The molecule has 0 bridgehead atoms. The maximum Gasteiger partial charge on any atom is 0.238 e. The van der Waals surface area contributed by atoms with Gasteiger partial charge in [0.1, 0.15) is 10.8 Å². The first-order valence-electron chi connectivity index (χ1n) is 8.42. The number of ether oxygens (including phenoxy) is 2. The molecule has 0 radical (unpaired) electrons. The first-order chi connectivity index (χ1) is 12.9. The van der Waals surface area contributed by atoms with Crippen LogP contribution in [-0.4, -0.2) is 25.1 Å². The van der Waals surface area contributed by atoms with Crippen LogP contribution in [0.25, 0.3) is 0 Å². The number of carbonyl (C=O) groups is 1. The number of amides is 1. The Balaban J connectivity index is 1.93. The van der Waals surface area contributed by atoms with E-state index in [1.807, 2.05) is 6.92 Å². The molecule has 1 aromatic heterocycles. The fourth-order valence-corrected chi connectivity index (χ4v) is 4.06. The van der Waals surface area contributed by atoms with Crippen LogP contribution < -0.4 is 14.4 Å². The second-order valence-corrected chi connectivity index (χ2v) is 7.16. The summed E-state index contributed by atoms with van der Waals surface area (Å²) in [5.74, 6) is -2.63. The molecule has 1 aliphatic carbocycles. The highest BCUT2D eigenvalue weighted by atomic mass is 35.5. The Hall–Kier alpha value is -2.41. The van der Waals surface area contributed by atoms with Gasteiger partial charge in [0.15, 0.2) is 23.1 Å². The first-order valence-corrected chi connectivity index (χ1v) is 8.80. The molecule has 2 aromatic rings. The topological polar surface area (TPSA) is 51.7 Å². The number of pyridine rings is 1. The van der Waals surface area contributed by atoms with E-state index in [9.17, 15) is 13.6 Å². The molecule has 1 spiro atoms. The number of hydrogen-bond donors (Lipinski definition) is 0. The van der Waals surface area contributed by atoms with Gasteiger partial charge in [-0.25, -0.2) is 13.8 Å². The number of methoxy groups -OCH3 is 2. The van der Waals surface area contributed by atoms with Crippen LogP contribution in [0, 0.1) is 18.6 Å². The SMILES string of the molecule is COc1cc(OC)c(F)c(N2Cc3cnc(Cl)c(C)c3C3(CC3)C2=O)c1F. The molecule has 1 aromatic carbocycles. The van der Waals surface area contributed by atoms with Crippen molar-refractivity contribution in [2.24, 2.45) is 0 Å². The number of anilines is 1. The minimum absolute atomic E-state index is 0.00884. The standard InChI is InChI=1S/C19H17ClF2N2O3/c1-9-13-10(7-23-17(9)20)8-24(18(25)19(13)4-5-19)16-14(21)11(26-2)6-12(27-3)15(16)22/h6-7H,4-5,8H2,1-3H3. The molecule has 142 valence electrons. The van der Waals surface area contributed by atoms with Crippen LogP contribution in [0.4, 0.5) is 14.5 Å². The predicted molar refractivity (Wildman–Crippen MR) is 95.5 cm³/mol. The summed E-state index contributed by atoms with van der Waals surface area (Å²) in [5, 5.41) is 0.335. The van der Waals surface area contributed by atoms with Gasteiger partial charge < -0.3 is 14.4 Å². The lowest BCUT2D eigenvalue weighted by Gasteiger charge is -2.36. The number of halogens is 3. The average molecular weight is 395 g/mol. The van der Waals surface area contributed by atoms with E-state index in [2.05, 4.69) is 4.98 Å². The van der Waals surface area contributed by atoms with Crippen molar-refractivity contribution in [3.8, 4) is 11.5 Å². The molecule has 1 fully saturated rings. The third-order valence-corrected chi connectivity index (χ3v) is 5.75.